The molecular formula is C37H34Cl4N2O6. The molecule has 0 saturated carbocycles. The third kappa shape index (κ3) is 8.52. The molecule has 1 atom stereocenters. The maximum Gasteiger partial charge on any atom is 0.310 e. The van der Waals surface area contributed by atoms with Gasteiger partial charge in [-0.25, -0.2) is 0 Å². The van der Waals surface area contributed by atoms with Gasteiger partial charge in [-0.3, -0.25) is 19.1 Å². The molecule has 1 aliphatic rings. The van der Waals surface area contributed by atoms with Crippen molar-refractivity contribution in [2.24, 2.45) is 0 Å². The van der Waals surface area contributed by atoms with E-state index in [0.717, 1.165) is 10.9 Å². The zero-order valence-electron chi connectivity index (χ0n) is 26.8. The lowest BCUT2D eigenvalue weighted by atomic mass is 10.1. The van der Waals surface area contributed by atoms with Gasteiger partial charge in [-0.15, -0.1) is 12.4 Å². The number of hydrogen-bond donors (Lipinski definition) is 0. The van der Waals surface area contributed by atoms with Gasteiger partial charge >= 0.3 is 5.97 Å². The number of carbonyl (C=O) groups excluding carboxylic acids is 2. The van der Waals surface area contributed by atoms with Crippen molar-refractivity contribution in [3.63, 3.8) is 0 Å². The van der Waals surface area contributed by atoms with E-state index in [0.29, 0.717) is 80.9 Å². The fourth-order valence-electron chi connectivity index (χ4n) is 5.84. The number of nitrogens with zero attached hydrogens (tertiary/aromatic N) is 2. The second-order valence-corrected chi connectivity index (χ2v) is 12.7. The number of aromatic nitrogens is 1. The summed E-state index contributed by atoms with van der Waals surface area (Å²) in [5, 5.41) is 2.47. The van der Waals surface area contributed by atoms with Crippen molar-refractivity contribution in [3.8, 4) is 17.2 Å². The Morgan fingerprint density at radius 3 is 2.24 bits per heavy atom. The Morgan fingerprint density at radius 2 is 1.55 bits per heavy atom. The van der Waals surface area contributed by atoms with Crippen LogP contribution in [0.2, 0.25) is 15.1 Å². The van der Waals surface area contributed by atoms with Crippen LogP contribution in [0.4, 0.5) is 0 Å². The number of carbonyl (C=O) groups is 2. The minimum absolute atomic E-state index is 0. The molecule has 0 bridgehead atoms. The van der Waals surface area contributed by atoms with Gasteiger partial charge in [0.2, 0.25) is 0 Å². The van der Waals surface area contributed by atoms with Crippen LogP contribution in [0.15, 0.2) is 84.9 Å². The molecule has 49 heavy (non-hydrogen) atoms. The number of esters is 1. The van der Waals surface area contributed by atoms with Gasteiger partial charge < -0.3 is 18.9 Å². The van der Waals surface area contributed by atoms with Crippen LogP contribution in [-0.2, 0) is 20.7 Å². The van der Waals surface area contributed by atoms with Crippen LogP contribution in [-0.4, -0.2) is 61.3 Å². The molecule has 0 amide bonds. The normalized spacial score (nSPS) is 14.7. The van der Waals surface area contributed by atoms with Gasteiger partial charge in [0, 0.05) is 51.9 Å². The van der Waals surface area contributed by atoms with Crippen molar-refractivity contribution in [2.45, 2.75) is 19.4 Å². The van der Waals surface area contributed by atoms with E-state index in [1.165, 1.54) is 0 Å². The van der Waals surface area contributed by atoms with Crippen LogP contribution in [0, 0.1) is 6.92 Å². The molecule has 6 rings (SSSR count). The van der Waals surface area contributed by atoms with Crippen LogP contribution in [0.25, 0.3) is 10.9 Å². The highest BCUT2D eigenvalue weighted by molar-refractivity contribution is 6.31. The highest BCUT2D eigenvalue weighted by Crippen LogP contribution is 2.34. The first-order valence-corrected chi connectivity index (χ1v) is 16.5. The Labute approximate surface area is 305 Å². The largest absolute Gasteiger partial charge is 0.497 e. The molecule has 1 aromatic heterocycles. The van der Waals surface area contributed by atoms with Gasteiger partial charge in [0.1, 0.15) is 23.9 Å². The maximum atomic E-state index is 13.6. The number of benzene rings is 4. The van der Waals surface area contributed by atoms with Gasteiger partial charge in [0.25, 0.3) is 5.91 Å². The van der Waals surface area contributed by atoms with E-state index < -0.39 is 0 Å². The molecule has 1 unspecified atom stereocenters. The van der Waals surface area contributed by atoms with E-state index >= 15 is 0 Å². The number of halogens is 4. The molecule has 0 radical (unpaired) electrons. The van der Waals surface area contributed by atoms with Crippen LogP contribution in [0.1, 0.15) is 33.3 Å². The summed E-state index contributed by atoms with van der Waals surface area (Å²) in [6.07, 6.45) is -0.240. The summed E-state index contributed by atoms with van der Waals surface area (Å²) in [6.45, 7) is 4.37. The predicted molar refractivity (Wildman–Crippen MR) is 194 cm³/mol. The summed E-state index contributed by atoms with van der Waals surface area (Å²) in [6, 6.07) is 24.8. The number of ether oxygens (including phenoxy) is 4. The molecule has 5 aromatic rings. The summed E-state index contributed by atoms with van der Waals surface area (Å²) in [5.41, 5.74) is 3.39. The Morgan fingerprint density at radius 1 is 0.878 bits per heavy atom. The number of fused-ring (bicyclic) bond motifs is 1. The van der Waals surface area contributed by atoms with Crippen molar-refractivity contribution >= 4 is 70.0 Å². The lowest BCUT2D eigenvalue weighted by Crippen LogP contribution is -2.40. The second-order valence-electron chi connectivity index (χ2n) is 11.4. The average Bonchev–Trinajstić information content (AvgIpc) is 3.35. The third-order valence-corrected chi connectivity index (χ3v) is 9.18. The van der Waals surface area contributed by atoms with Crippen molar-refractivity contribution in [1.29, 1.82) is 0 Å². The Kier molecular flexibility index (Phi) is 12.1. The van der Waals surface area contributed by atoms with Crippen molar-refractivity contribution in [1.82, 2.24) is 9.47 Å². The molecular weight excluding hydrogens is 710 g/mol. The predicted octanol–water partition coefficient (Wildman–Crippen LogP) is 8.98. The van der Waals surface area contributed by atoms with E-state index in [1.54, 1.807) is 72.3 Å². The summed E-state index contributed by atoms with van der Waals surface area (Å²) in [4.78, 5) is 28.9. The first kappa shape index (κ1) is 36.5. The smallest absolute Gasteiger partial charge is 0.310 e. The molecule has 1 aliphatic heterocycles. The highest BCUT2D eigenvalue weighted by atomic mass is 35.5. The maximum absolute atomic E-state index is 13.6. The van der Waals surface area contributed by atoms with Crippen LogP contribution in [0.5, 0.6) is 17.2 Å². The first-order chi connectivity index (χ1) is 23.2. The fraction of sp³-hybridized carbons (Fsp3) is 0.243. The molecule has 12 heteroatoms. The monoisotopic (exact) mass is 742 g/mol. The fourth-order valence-corrected chi connectivity index (χ4v) is 6.39. The summed E-state index contributed by atoms with van der Waals surface area (Å²) in [7, 11) is 1.58. The molecule has 8 nitrogen and oxygen atoms in total. The van der Waals surface area contributed by atoms with Gasteiger partial charge in [-0.1, -0.05) is 40.9 Å². The standard InChI is InChI=1S/C37H33Cl3N2O6.ClH/c1-23-31(32-19-28(45-2)12-14-34(32)42(23)37(44)24-3-5-25(38)6-4-24)21-36(43)47-18-16-41-15-17-46-35(22-41)30-13-11-29(20-33(30)40)48-27-9-7-26(39)8-10-27;/h3-14,19-20,35H,15-18,21-22H2,1-2H3;1H. The lowest BCUT2D eigenvalue weighted by Gasteiger charge is -2.33. The summed E-state index contributed by atoms with van der Waals surface area (Å²) < 4.78 is 24.7. The molecule has 2 heterocycles. The van der Waals surface area contributed by atoms with Crippen LogP contribution in [0.3, 0.4) is 0 Å². The van der Waals surface area contributed by atoms with Crippen molar-refractivity contribution < 1.29 is 28.5 Å². The summed E-state index contributed by atoms with van der Waals surface area (Å²) >= 11 is 18.7. The third-order valence-electron chi connectivity index (χ3n) is 8.35. The van der Waals surface area contributed by atoms with E-state index in [-0.39, 0.29) is 43.4 Å². The van der Waals surface area contributed by atoms with Gasteiger partial charge in [-0.05, 0) is 91.3 Å². The topological polar surface area (TPSA) is 79.2 Å². The quantitative estimate of drug-likeness (QED) is 0.132. The summed E-state index contributed by atoms with van der Waals surface area (Å²) in [5.74, 6) is 1.29. The van der Waals surface area contributed by atoms with E-state index in [2.05, 4.69) is 4.90 Å². The Balaban J connectivity index is 0.00000468. The van der Waals surface area contributed by atoms with Crippen molar-refractivity contribution in [3.05, 3.63) is 122 Å². The van der Waals surface area contributed by atoms with E-state index in [4.69, 9.17) is 53.8 Å². The zero-order chi connectivity index (χ0) is 33.8. The van der Waals surface area contributed by atoms with Crippen LogP contribution < -0.4 is 9.47 Å². The Hall–Kier alpha value is -3.76. The zero-order valence-corrected chi connectivity index (χ0v) is 29.9. The number of rotatable bonds is 10. The first-order valence-electron chi connectivity index (χ1n) is 15.4. The molecule has 256 valence electrons. The van der Waals surface area contributed by atoms with Gasteiger partial charge in [0.15, 0.2) is 0 Å². The van der Waals surface area contributed by atoms with Crippen LogP contribution >= 0.6 is 47.2 Å². The van der Waals surface area contributed by atoms with E-state index in [1.807, 2.05) is 31.2 Å². The molecule has 1 saturated heterocycles. The highest BCUT2D eigenvalue weighted by Gasteiger charge is 2.25. The number of morpholine rings is 1. The minimum Gasteiger partial charge on any atom is -0.497 e. The van der Waals surface area contributed by atoms with E-state index in [9.17, 15) is 9.59 Å². The van der Waals surface area contributed by atoms with Gasteiger partial charge in [0.05, 0.1) is 36.8 Å². The molecule has 0 spiro atoms. The molecule has 4 aromatic carbocycles. The average molecular weight is 744 g/mol. The van der Waals surface area contributed by atoms with Crippen molar-refractivity contribution in [2.75, 3.05) is 40.0 Å². The molecule has 0 N–H and O–H groups in total. The number of hydrogen-bond acceptors (Lipinski definition) is 7. The lowest BCUT2D eigenvalue weighted by molar-refractivity contribution is -0.143. The second kappa shape index (κ2) is 16.3. The Bertz CT molecular complexity index is 1950. The minimum atomic E-state index is -0.386. The molecule has 0 aliphatic carbocycles. The molecule has 1 fully saturated rings. The SMILES string of the molecule is COc1ccc2c(c1)c(CC(=O)OCCN1CCOC(c3ccc(Oc4ccc(Cl)cc4)cc3Cl)C1)c(C)n2C(=O)c1ccc(Cl)cc1.Cl. The number of methoxy groups -OCH3 is 1. The van der Waals surface area contributed by atoms with Gasteiger partial charge in [-0.2, -0.15) is 0 Å².